The van der Waals surface area contributed by atoms with Crippen LogP contribution in [0.1, 0.15) is 28.9 Å². The van der Waals surface area contributed by atoms with E-state index in [2.05, 4.69) is 4.98 Å². The van der Waals surface area contributed by atoms with Gasteiger partial charge in [-0.15, -0.1) is 11.3 Å². The highest BCUT2D eigenvalue weighted by molar-refractivity contribution is 7.90. The van der Waals surface area contributed by atoms with Crippen molar-refractivity contribution in [2.45, 2.75) is 25.5 Å². The van der Waals surface area contributed by atoms with Gasteiger partial charge in [0.25, 0.3) is 0 Å². The Morgan fingerprint density at radius 1 is 1.56 bits per heavy atom. The summed E-state index contributed by atoms with van der Waals surface area (Å²) in [6.07, 6.45) is 2.89. The molecular formula is C9H14N2O2S3. The number of hydrogen-bond acceptors (Lipinski definition) is 5. The summed E-state index contributed by atoms with van der Waals surface area (Å²) in [5.41, 5.74) is 6.39. The molecule has 0 aromatic carbocycles. The van der Waals surface area contributed by atoms with Crippen molar-refractivity contribution in [1.82, 2.24) is 4.98 Å². The van der Waals surface area contributed by atoms with Gasteiger partial charge in [0.15, 0.2) is 9.84 Å². The molecule has 0 atom stereocenters. The minimum absolute atomic E-state index is 0.0446. The van der Waals surface area contributed by atoms with Crippen LogP contribution in [0.4, 0.5) is 0 Å². The number of aromatic nitrogens is 1. The SMILES string of the molecule is CCCc1nc(CS(C)(=O)=O)sc1C(N)=S. The first-order chi connectivity index (χ1) is 7.33. The normalized spacial score (nSPS) is 11.6. The van der Waals surface area contributed by atoms with E-state index in [4.69, 9.17) is 18.0 Å². The molecule has 1 heterocycles. The second kappa shape index (κ2) is 5.20. The summed E-state index contributed by atoms with van der Waals surface area (Å²) >= 11 is 6.20. The van der Waals surface area contributed by atoms with E-state index in [-0.39, 0.29) is 5.75 Å². The number of nitrogens with two attached hydrogens (primary N) is 1. The van der Waals surface area contributed by atoms with Crippen LogP contribution >= 0.6 is 23.6 Å². The zero-order valence-electron chi connectivity index (χ0n) is 9.19. The molecular weight excluding hydrogens is 264 g/mol. The molecule has 0 bridgehead atoms. The smallest absolute Gasteiger partial charge is 0.153 e. The topological polar surface area (TPSA) is 73.0 Å². The highest BCUT2D eigenvalue weighted by atomic mass is 32.2. The van der Waals surface area contributed by atoms with Crippen LogP contribution in [0.25, 0.3) is 0 Å². The molecule has 2 N–H and O–H groups in total. The Hall–Kier alpha value is -0.530. The van der Waals surface area contributed by atoms with Gasteiger partial charge in [-0.3, -0.25) is 0 Å². The first kappa shape index (κ1) is 13.5. The van der Waals surface area contributed by atoms with Gasteiger partial charge in [-0.25, -0.2) is 13.4 Å². The number of rotatable bonds is 5. The second-order valence-electron chi connectivity index (χ2n) is 3.57. The Balaban J connectivity index is 3.06. The molecule has 0 aliphatic carbocycles. The van der Waals surface area contributed by atoms with Crippen molar-refractivity contribution >= 4 is 38.4 Å². The zero-order chi connectivity index (χ0) is 12.3. The molecule has 0 aliphatic heterocycles. The van der Waals surface area contributed by atoms with Crippen LogP contribution in [0.15, 0.2) is 0 Å². The molecule has 0 saturated heterocycles. The number of thiocarbonyl (C=S) groups is 1. The molecule has 16 heavy (non-hydrogen) atoms. The largest absolute Gasteiger partial charge is 0.389 e. The van der Waals surface area contributed by atoms with Crippen molar-refractivity contribution in [2.75, 3.05) is 6.26 Å². The fourth-order valence-electron chi connectivity index (χ4n) is 1.29. The lowest BCUT2D eigenvalue weighted by Gasteiger charge is -1.96. The molecule has 1 aromatic heterocycles. The summed E-state index contributed by atoms with van der Waals surface area (Å²) in [5, 5.41) is 0.564. The summed E-state index contributed by atoms with van der Waals surface area (Å²) in [5.74, 6) is -0.0446. The molecule has 0 amide bonds. The van der Waals surface area contributed by atoms with E-state index in [1.54, 1.807) is 0 Å². The van der Waals surface area contributed by atoms with Gasteiger partial charge in [-0.2, -0.15) is 0 Å². The Kier molecular flexibility index (Phi) is 4.40. The van der Waals surface area contributed by atoms with Gasteiger partial charge in [0.1, 0.15) is 15.7 Å². The van der Waals surface area contributed by atoms with Gasteiger partial charge in [0.05, 0.1) is 10.6 Å². The standard InChI is InChI=1S/C9H14N2O2S3/c1-3-4-6-8(9(10)14)15-7(11-6)5-16(2,12)13/h3-5H2,1-2H3,(H2,10,14). The van der Waals surface area contributed by atoms with Crippen molar-refractivity contribution in [1.29, 1.82) is 0 Å². The lowest BCUT2D eigenvalue weighted by atomic mass is 10.2. The third-order valence-electron chi connectivity index (χ3n) is 1.84. The van der Waals surface area contributed by atoms with E-state index in [1.165, 1.54) is 17.6 Å². The summed E-state index contributed by atoms with van der Waals surface area (Å²) in [6, 6.07) is 0. The van der Waals surface area contributed by atoms with Crippen molar-refractivity contribution in [3.63, 3.8) is 0 Å². The van der Waals surface area contributed by atoms with Gasteiger partial charge < -0.3 is 5.73 Å². The first-order valence-electron chi connectivity index (χ1n) is 4.79. The molecule has 0 saturated carbocycles. The Morgan fingerprint density at radius 2 is 2.19 bits per heavy atom. The van der Waals surface area contributed by atoms with Crippen LogP contribution in [0.5, 0.6) is 0 Å². The number of hydrogen-bond donors (Lipinski definition) is 1. The summed E-state index contributed by atoms with van der Waals surface area (Å²) in [6.45, 7) is 2.03. The summed E-state index contributed by atoms with van der Waals surface area (Å²) in [7, 11) is -3.06. The average Bonchev–Trinajstić information content (AvgIpc) is 2.45. The lowest BCUT2D eigenvalue weighted by molar-refractivity contribution is 0.601. The minimum atomic E-state index is -3.06. The molecule has 1 aromatic rings. The average molecular weight is 278 g/mol. The second-order valence-corrected chi connectivity index (χ2v) is 7.23. The highest BCUT2D eigenvalue weighted by Gasteiger charge is 2.15. The van der Waals surface area contributed by atoms with Crippen LogP contribution in [0.2, 0.25) is 0 Å². The first-order valence-corrected chi connectivity index (χ1v) is 8.08. The van der Waals surface area contributed by atoms with Crippen LogP contribution in [0.3, 0.4) is 0 Å². The van der Waals surface area contributed by atoms with E-state index in [9.17, 15) is 8.42 Å². The quantitative estimate of drug-likeness (QED) is 0.821. The maximum atomic E-state index is 11.2. The van der Waals surface area contributed by atoms with Crippen LogP contribution in [0, 0.1) is 0 Å². The van der Waals surface area contributed by atoms with Gasteiger partial charge in [0, 0.05) is 6.26 Å². The third-order valence-corrected chi connectivity index (χ3v) is 4.28. The van der Waals surface area contributed by atoms with E-state index < -0.39 is 9.84 Å². The molecule has 4 nitrogen and oxygen atoms in total. The lowest BCUT2D eigenvalue weighted by Crippen LogP contribution is -2.09. The summed E-state index contributed by atoms with van der Waals surface area (Å²) in [4.78, 5) is 5.32. The molecule has 7 heteroatoms. The molecule has 0 unspecified atom stereocenters. The molecule has 0 fully saturated rings. The van der Waals surface area contributed by atoms with Crippen molar-refractivity contribution in [3.05, 3.63) is 15.6 Å². The molecule has 90 valence electrons. The van der Waals surface area contributed by atoms with Gasteiger partial charge in [-0.05, 0) is 6.42 Å². The maximum Gasteiger partial charge on any atom is 0.153 e. The molecule has 0 radical (unpaired) electrons. The van der Waals surface area contributed by atoms with Crippen LogP contribution < -0.4 is 5.73 Å². The van der Waals surface area contributed by atoms with Crippen molar-refractivity contribution in [3.8, 4) is 0 Å². The van der Waals surface area contributed by atoms with Crippen molar-refractivity contribution < 1.29 is 8.42 Å². The highest BCUT2D eigenvalue weighted by Crippen LogP contribution is 2.21. The van der Waals surface area contributed by atoms with Crippen LogP contribution in [-0.2, 0) is 22.0 Å². The Bertz CT molecular complexity index is 491. The number of sulfone groups is 1. The molecule has 0 aliphatic rings. The van der Waals surface area contributed by atoms with Gasteiger partial charge >= 0.3 is 0 Å². The van der Waals surface area contributed by atoms with E-state index in [1.807, 2.05) is 6.92 Å². The third kappa shape index (κ3) is 3.80. The minimum Gasteiger partial charge on any atom is -0.389 e. The monoisotopic (exact) mass is 278 g/mol. The van der Waals surface area contributed by atoms with Gasteiger partial charge in [-0.1, -0.05) is 25.6 Å². The fraction of sp³-hybridized carbons (Fsp3) is 0.556. The zero-order valence-corrected chi connectivity index (χ0v) is 11.6. The predicted octanol–water partition coefficient (Wildman–Crippen LogP) is 1.27. The predicted molar refractivity (Wildman–Crippen MR) is 70.5 cm³/mol. The fourth-order valence-corrected chi connectivity index (χ4v) is 3.68. The maximum absolute atomic E-state index is 11.2. The van der Waals surface area contributed by atoms with Gasteiger partial charge in [0.2, 0.25) is 0 Å². The molecule has 0 spiro atoms. The van der Waals surface area contributed by atoms with Crippen molar-refractivity contribution in [2.24, 2.45) is 5.73 Å². The number of aryl methyl sites for hydroxylation is 1. The Labute approximate surface area is 105 Å². The number of nitrogens with zero attached hydrogens (tertiary/aromatic N) is 1. The summed E-state index contributed by atoms with van der Waals surface area (Å²) < 4.78 is 22.3. The van der Waals surface area contributed by atoms with E-state index in [0.29, 0.717) is 10.00 Å². The Morgan fingerprint density at radius 3 is 2.62 bits per heavy atom. The van der Waals surface area contributed by atoms with E-state index in [0.717, 1.165) is 23.4 Å². The number of thiazole rings is 1. The molecule has 1 rings (SSSR count). The van der Waals surface area contributed by atoms with Crippen LogP contribution in [-0.4, -0.2) is 24.6 Å². The van der Waals surface area contributed by atoms with E-state index >= 15 is 0 Å².